The van der Waals surface area contributed by atoms with Gasteiger partial charge in [-0.2, -0.15) is 0 Å². The van der Waals surface area contributed by atoms with Crippen molar-refractivity contribution in [2.24, 2.45) is 0 Å². The van der Waals surface area contributed by atoms with Crippen molar-refractivity contribution < 1.29 is 0 Å². The number of aromatic amines is 2. The van der Waals surface area contributed by atoms with E-state index in [2.05, 4.69) is 168 Å². The first-order chi connectivity index (χ1) is 22.9. The number of benzene rings is 8. The van der Waals surface area contributed by atoms with E-state index in [0.29, 0.717) is 0 Å². The molecule has 0 amide bonds. The van der Waals surface area contributed by atoms with Gasteiger partial charge in [-0.1, -0.05) is 146 Å². The third kappa shape index (κ3) is 3.47. The van der Waals surface area contributed by atoms with Crippen LogP contribution in [-0.4, -0.2) is 9.97 Å². The Hall–Kier alpha value is -6.12. The third-order valence-corrected chi connectivity index (χ3v) is 9.72. The second-order valence-corrected chi connectivity index (χ2v) is 12.2. The molecule has 2 aromatic heterocycles. The molecule has 0 saturated heterocycles. The van der Waals surface area contributed by atoms with Crippen LogP contribution in [0.4, 0.5) is 0 Å². The van der Waals surface area contributed by atoms with Gasteiger partial charge in [-0.3, -0.25) is 0 Å². The van der Waals surface area contributed by atoms with Crippen LogP contribution >= 0.6 is 0 Å². The van der Waals surface area contributed by atoms with Gasteiger partial charge in [0.25, 0.3) is 0 Å². The standard InChI is InChI=1S/C44H28N2/c1-3-15-27(16-4-1)37-29-19-7-9-21-31(29)39(41-33-23-11-13-25-35(33)45-43(37)41)40-32-22-10-8-20-30(32)38(28-17-5-2-6-18-28)44-42(40)34-24-12-14-26-36(34)46-44/h1-26,45-46H. The molecule has 10 rings (SSSR count). The lowest BCUT2D eigenvalue weighted by molar-refractivity contribution is 1.54. The Balaban J connectivity index is 1.52. The van der Waals surface area contributed by atoms with Gasteiger partial charge in [0.2, 0.25) is 0 Å². The minimum atomic E-state index is 1.15. The normalized spacial score (nSPS) is 11.9. The molecule has 0 spiro atoms. The van der Waals surface area contributed by atoms with Crippen LogP contribution in [0.1, 0.15) is 0 Å². The maximum Gasteiger partial charge on any atom is 0.0557 e. The Morgan fingerprint density at radius 3 is 0.957 bits per heavy atom. The molecule has 0 fully saturated rings. The third-order valence-electron chi connectivity index (χ3n) is 9.72. The Morgan fingerprint density at radius 2 is 0.565 bits per heavy atom. The monoisotopic (exact) mass is 584 g/mol. The van der Waals surface area contributed by atoms with Crippen molar-refractivity contribution >= 4 is 65.2 Å². The van der Waals surface area contributed by atoms with E-state index < -0.39 is 0 Å². The first-order valence-electron chi connectivity index (χ1n) is 15.9. The van der Waals surface area contributed by atoms with Gasteiger partial charge in [0.15, 0.2) is 0 Å². The van der Waals surface area contributed by atoms with E-state index in [1.807, 2.05) is 0 Å². The van der Waals surface area contributed by atoms with E-state index in [1.165, 1.54) is 87.5 Å². The SMILES string of the molecule is c1ccc(-c2c3ccccc3c(-c3c4ccccc4c(-c4ccccc4)c4[nH]c5ccccc5c34)c3c2[nH]c2ccccc23)cc1. The number of hydrogen-bond acceptors (Lipinski definition) is 0. The van der Waals surface area contributed by atoms with Crippen LogP contribution in [0.3, 0.4) is 0 Å². The van der Waals surface area contributed by atoms with Crippen molar-refractivity contribution in [3.8, 4) is 33.4 Å². The molecule has 0 atom stereocenters. The summed E-state index contributed by atoms with van der Waals surface area (Å²) in [5.74, 6) is 0. The highest BCUT2D eigenvalue weighted by molar-refractivity contribution is 6.36. The van der Waals surface area contributed by atoms with Crippen molar-refractivity contribution in [1.29, 1.82) is 0 Å². The average Bonchev–Trinajstić information content (AvgIpc) is 3.69. The average molecular weight is 585 g/mol. The summed E-state index contributed by atoms with van der Waals surface area (Å²) in [6, 6.07) is 57.1. The Kier molecular flexibility index (Phi) is 5.31. The highest BCUT2D eigenvalue weighted by Gasteiger charge is 2.26. The molecule has 0 aliphatic rings. The van der Waals surface area contributed by atoms with Crippen LogP contribution in [0.25, 0.3) is 98.5 Å². The summed E-state index contributed by atoms with van der Waals surface area (Å²) in [7, 11) is 0. The topological polar surface area (TPSA) is 31.6 Å². The summed E-state index contributed by atoms with van der Waals surface area (Å²) in [6.45, 7) is 0. The van der Waals surface area contributed by atoms with E-state index in [4.69, 9.17) is 0 Å². The maximum absolute atomic E-state index is 3.90. The number of fused-ring (bicyclic) bond motifs is 8. The Morgan fingerprint density at radius 1 is 0.261 bits per heavy atom. The van der Waals surface area contributed by atoms with Crippen LogP contribution in [-0.2, 0) is 0 Å². The lowest BCUT2D eigenvalue weighted by Gasteiger charge is -2.20. The minimum absolute atomic E-state index is 1.15. The maximum atomic E-state index is 3.90. The minimum Gasteiger partial charge on any atom is -0.354 e. The number of hydrogen-bond donors (Lipinski definition) is 2. The summed E-state index contributed by atoms with van der Waals surface area (Å²) in [5, 5.41) is 9.98. The van der Waals surface area contributed by atoms with Crippen molar-refractivity contribution in [2.75, 3.05) is 0 Å². The van der Waals surface area contributed by atoms with Crippen molar-refractivity contribution in [3.05, 3.63) is 158 Å². The fourth-order valence-corrected chi connectivity index (χ4v) is 7.88. The number of rotatable bonds is 3. The van der Waals surface area contributed by atoms with Gasteiger partial charge in [0, 0.05) is 54.8 Å². The Bertz CT molecular complexity index is 2590. The van der Waals surface area contributed by atoms with Gasteiger partial charge in [0.05, 0.1) is 11.0 Å². The number of H-pyrrole nitrogens is 2. The molecule has 0 aliphatic carbocycles. The summed E-state index contributed by atoms with van der Waals surface area (Å²) >= 11 is 0. The molecule has 2 N–H and O–H groups in total. The molecule has 8 aromatic carbocycles. The summed E-state index contributed by atoms with van der Waals surface area (Å²) in [5.41, 5.74) is 12.1. The smallest absolute Gasteiger partial charge is 0.0557 e. The summed E-state index contributed by atoms with van der Waals surface area (Å²) in [6.07, 6.45) is 0. The van der Waals surface area contributed by atoms with Gasteiger partial charge in [-0.15, -0.1) is 0 Å². The van der Waals surface area contributed by atoms with Gasteiger partial charge in [-0.05, 0) is 44.8 Å². The zero-order valence-corrected chi connectivity index (χ0v) is 25.0. The van der Waals surface area contributed by atoms with E-state index in [9.17, 15) is 0 Å². The second kappa shape index (κ2) is 9.69. The second-order valence-electron chi connectivity index (χ2n) is 12.2. The summed E-state index contributed by atoms with van der Waals surface area (Å²) < 4.78 is 0. The van der Waals surface area contributed by atoms with Crippen molar-refractivity contribution in [3.63, 3.8) is 0 Å². The molecule has 0 radical (unpaired) electrons. The molecule has 10 aromatic rings. The van der Waals surface area contributed by atoms with E-state index >= 15 is 0 Å². The number of nitrogens with one attached hydrogen (secondary N) is 2. The number of aromatic nitrogens is 2. The van der Waals surface area contributed by atoms with E-state index in [0.717, 1.165) is 11.0 Å². The predicted octanol–water partition coefficient (Wildman–Crippen LogP) is 12.3. The van der Waals surface area contributed by atoms with Crippen LogP contribution in [0.5, 0.6) is 0 Å². The van der Waals surface area contributed by atoms with Crippen molar-refractivity contribution in [2.45, 2.75) is 0 Å². The summed E-state index contributed by atoms with van der Waals surface area (Å²) in [4.78, 5) is 7.81. The molecule has 0 unspecified atom stereocenters. The quantitative estimate of drug-likeness (QED) is 0.207. The van der Waals surface area contributed by atoms with Crippen LogP contribution < -0.4 is 0 Å². The molecule has 214 valence electrons. The molecule has 0 saturated carbocycles. The van der Waals surface area contributed by atoms with Crippen molar-refractivity contribution in [1.82, 2.24) is 9.97 Å². The molecule has 2 heteroatoms. The van der Waals surface area contributed by atoms with Crippen LogP contribution in [0, 0.1) is 0 Å². The fourth-order valence-electron chi connectivity index (χ4n) is 7.88. The molecular formula is C44H28N2. The van der Waals surface area contributed by atoms with Gasteiger partial charge >= 0.3 is 0 Å². The highest BCUT2D eigenvalue weighted by atomic mass is 14.7. The lowest BCUT2D eigenvalue weighted by Crippen LogP contribution is -1.93. The molecule has 2 nitrogen and oxygen atoms in total. The fraction of sp³-hybridized carbons (Fsp3) is 0. The lowest BCUT2D eigenvalue weighted by atomic mass is 9.82. The molecule has 46 heavy (non-hydrogen) atoms. The van der Waals surface area contributed by atoms with Crippen LogP contribution in [0.2, 0.25) is 0 Å². The predicted molar refractivity (Wildman–Crippen MR) is 196 cm³/mol. The zero-order chi connectivity index (χ0) is 30.2. The van der Waals surface area contributed by atoms with E-state index in [-0.39, 0.29) is 0 Å². The molecule has 0 aliphatic heterocycles. The molecule has 0 bridgehead atoms. The van der Waals surface area contributed by atoms with E-state index in [1.54, 1.807) is 0 Å². The zero-order valence-electron chi connectivity index (χ0n) is 25.0. The van der Waals surface area contributed by atoms with Gasteiger partial charge < -0.3 is 9.97 Å². The molecule has 2 heterocycles. The largest absolute Gasteiger partial charge is 0.354 e. The highest BCUT2D eigenvalue weighted by Crippen LogP contribution is 2.52. The van der Waals surface area contributed by atoms with Gasteiger partial charge in [-0.25, -0.2) is 0 Å². The number of para-hydroxylation sites is 2. The Labute approximate surface area is 265 Å². The van der Waals surface area contributed by atoms with Crippen LogP contribution in [0.15, 0.2) is 158 Å². The first kappa shape index (κ1) is 25.2. The molecular weight excluding hydrogens is 556 g/mol. The van der Waals surface area contributed by atoms with Gasteiger partial charge in [0.1, 0.15) is 0 Å². The first-order valence-corrected chi connectivity index (χ1v) is 15.9.